The largest absolute Gasteiger partial charge is 0.450 e. The molecule has 0 spiro atoms. The van der Waals surface area contributed by atoms with Crippen LogP contribution in [0.4, 0.5) is 0 Å². The number of thioether (sulfide) groups is 1. The Labute approximate surface area is 119 Å². The minimum absolute atomic E-state index is 0.0354. The molecule has 2 rings (SSSR count). The maximum Gasteiger partial charge on any atom is 0.320 e. The van der Waals surface area contributed by atoms with Crippen molar-refractivity contribution in [2.45, 2.75) is 51.2 Å². The molecule has 1 aromatic carbocycles. The molecule has 0 aliphatic carbocycles. The van der Waals surface area contributed by atoms with E-state index in [9.17, 15) is 4.79 Å². The first-order chi connectivity index (χ1) is 8.92. The van der Waals surface area contributed by atoms with Crippen LogP contribution in [-0.2, 0) is 22.4 Å². The highest BCUT2D eigenvalue weighted by atomic mass is 32.2. The molecule has 2 atom stereocenters. The number of hydrogen-bond donors (Lipinski definition) is 0. The van der Waals surface area contributed by atoms with Crippen molar-refractivity contribution in [2.24, 2.45) is 5.41 Å². The average Bonchev–Trinajstić information content (AvgIpc) is 2.71. The van der Waals surface area contributed by atoms with E-state index in [2.05, 4.69) is 45.0 Å². The summed E-state index contributed by atoms with van der Waals surface area (Å²) in [4.78, 5) is 11.5. The zero-order valence-electron chi connectivity index (χ0n) is 12.1. The molecule has 1 aromatic rings. The number of cyclic esters (lactones) is 1. The van der Waals surface area contributed by atoms with Crippen molar-refractivity contribution in [3.8, 4) is 0 Å². The fourth-order valence-electron chi connectivity index (χ4n) is 2.32. The molecule has 2 nitrogen and oxygen atoms in total. The zero-order valence-corrected chi connectivity index (χ0v) is 12.9. The Hall–Kier alpha value is -0.960. The predicted octanol–water partition coefficient (Wildman–Crippen LogP) is 3.82. The number of rotatable bonds is 4. The van der Waals surface area contributed by atoms with Gasteiger partial charge in [-0.15, -0.1) is 11.8 Å². The van der Waals surface area contributed by atoms with Crippen LogP contribution >= 0.6 is 11.8 Å². The lowest BCUT2D eigenvalue weighted by Crippen LogP contribution is -2.29. The highest BCUT2D eigenvalue weighted by Crippen LogP contribution is 2.41. The van der Waals surface area contributed by atoms with Crippen molar-refractivity contribution >= 4 is 17.7 Å². The summed E-state index contributed by atoms with van der Waals surface area (Å²) in [5, 5.41) is -0.0354. The Morgan fingerprint density at radius 1 is 1.21 bits per heavy atom. The number of aryl methyl sites for hydroxylation is 1. The second kappa shape index (κ2) is 5.58. The molecule has 1 aliphatic rings. The highest BCUT2D eigenvalue weighted by Gasteiger charge is 2.41. The third-order valence-corrected chi connectivity index (χ3v) is 5.19. The lowest BCUT2D eigenvalue weighted by atomic mass is 9.86. The van der Waals surface area contributed by atoms with Gasteiger partial charge in [-0.1, -0.05) is 45.0 Å². The summed E-state index contributed by atoms with van der Waals surface area (Å²) in [5.74, 6) is -0.0793. The Balaban J connectivity index is 2.05. The Bertz CT molecular complexity index is 450. The monoisotopic (exact) mass is 278 g/mol. The molecular weight excluding hydrogens is 256 g/mol. The average molecular weight is 278 g/mol. The van der Waals surface area contributed by atoms with Gasteiger partial charge in [-0.05, 0) is 30.9 Å². The molecular formula is C16H22O2S. The standard InChI is InChI=1S/C16H22O2S/c1-5-12-6-8-13(9-7-12)10-16(3,4)15-18-14(17)11(2)19-15/h6-9,11,15H,5,10H2,1-4H3. The van der Waals surface area contributed by atoms with Crippen molar-refractivity contribution in [3.63, 3.8) is 0 Å². The van der Waals surface area contributed by atoms with Gasteiger partial charge in [0.25, 0.3) is 0 Å². The summed E-state index contributed by atoms with van der Waals surface area (Å²) in [5.41, 5.74) is 2.58. The molecule has 1 saturated heterocycles. The van der Waals surface area contributed by atoms with E-state index < -0.39 is 0 Å². The van der Waals surface area contributed by atoms with Gasteiger partial charge in [-0.3, -0.25) is 4.79 Å². The lowest BCUT2D eigenvalue weighted by Gasteiger charge is -2.29. The van der Waals surface area contributed by atoms with E-state index in [0.29, 0.717) is 0 Å². The normalized spacial score (nSPS) is 23.5. The second-order valence-corrected chi connectivity index (χ2v) is 7.29. The molecule has 19 heavy (non-hydrogen) atoms. The van der Waals surface area contributed by atoms with E-state index in [1.54, 1.807) is 11.8 Å². The van der Waals surface area contributed by atoms with Crippen LogP contribution in [0.15, 0.2) is 24.3 Å². The van der Waals surface area contributed by atoms with Gasteiger partial charge in [0.2, 0.25) is 0 Å². The topological polar surface area (TPSA) is 26.3 Å². The molecule has 0 N–H and O–H groups in total. The first-order valence-corrected chi connectivity index (χ1v) is 7.80. The van der Waals surface area contributed by atoms with Crippen molar-refractivity contribution in [1.82, 2.24) is 0 Å². The van der Waals surface area contributed by atoms with Gasteiger partial charge in [0.15, 0.2) is 5.44 Å². The number of benzene rings is 1. The summed E-state index contributed by atoms with van der Waals surface area (Å²) in [6.07, 6.45) is 1.99. The van der Waals surface area contributed by atoms with Gasteiger partial charge in [0.05, 0.1) is 0 Å². The smallest absolute Gasteiger partial charge is 0.320 e. The van der Waals surface area contributed by atoms with Crippen molar-refractivity contribution < 1.29 is 9.53 Å². The Morgan fingerprint density at radius 3 is 2.26 bits per heavy atom. The third kappa shape index (κ3) is 3.33. The van der Waals surface area contributed by atoms with E-state index in [1.807, 2.05) is 6.92 Å². The summed E-state index contributed by atoms with van der Waals surface area (Å²) >= 11 is 1.64. The number of carbonyl (C=O) groups excluding carboxylic acids is 1. The Kier molecular flexibility index (Phi) is 4.24. The van der Waals surface area contributed by atoms with E-state index in [1.165, 1.54) is 11.1 Å². The fraction of sp³-hybridized carbons (Fsp3) is 0.562. The first-order valence-electron chi connectivity index (χ1n) is 6.86. The molecule has 0 amide bonds. The van der Waals surface area contributed by atoms with Crippen LogP contribution in [0.2, 0.25) is 0 Å². The third-order valence-electron chi connectivity index (χ3n) is 3.61. The summed E-state index contributed by atoms with van der Waals surface area (Å²) in [6.45, 7) is 8.42. The highest BCUT2D eigenvalue weighted by molar-refractivity contribution is 8.01. The zero-order chi connectivity index (χ0) is 14.0. The molecule has 0 saturated carbocycles. The maximum atomic E-state index is 11.5. The predicted molar refractivity (Wildman–Crippen MR) is 80.2 cm³/mol. The van der Waals surface area contributed by atoms with Crippen molar-refractivity contribution in [1.29, 1.82) is 0 Å². The number of carbonyl (C=O) groups is 1. The van der Waals surface area contributed by atoms with Crippen LogP contribution in [0.1, 0.15) is 38.8 Å². The summed E-state index contributed by atoms with van der Waals surface area (Å²) < 4.78 is 5.48. The van der Waals surface area contributed by atoms with Crippen LogP contribution in [0.25, 0.3) is 0 Å². The molecule has 0 aromatic heterocycles. The Morgan fingerprint density at radius 2 is 1.79 bits per heavy atom. The summed E-state index contributed by atoms with van der Waals surface area (Å²) in [7, 11) is 0. The van der Waals surface area contributed by atoms with Crippen LogP contribution in [0.3, 0.4) is 0 Å². The minimum Gasteiger partial charge on any atom is -0.450 e. The molecule has 1 fully saturated rings. The maximum absolute atomic E-state index is 11.5. The van der Waals surface area contributed by atoms with E-state index in [-0.39, 0.29) is 22.1 Å². The van der Waals surface area contributed by atoms with Gasteiger partial charge in [-0.25, -0.2) is 0 Å². The summed E-state index contributed by atoms with van der Waals surface area (Å²) in [6, 6.07) is 8.74. The van der Waals surface area contributed by atoms with E-state index >= 15 is 0 Å². The quantitative estimate of drug-likeness (QED) is 0.783. The van der Waals surface area contributed by atoms with Crippen LogP contribution in [0.5, 0.6) is 0 Å². The molecule has 3 heteroatoms. The molecule has 0 bridgehead atoms. The fourth-order valence-corrected chi connectivity index (χ4v) is 3.46. The molecule has 0 radical (unpaired) electrons. The van der Waals surface area contributed by atoms with Crippen LogP contribution in [-0.4, -0.2) is 16.7 Å². The lowest BCUT2D eigenvalue weighted by molar-refractivity contribution is -0.145. The van der Waals surface area contributed by atoms with Crippen molar-refractivity contribution in [3.05, 3.63) is 35.4 Å². The van der Waals surface area contributed by atoms with Crippen LogP contribution < -0.4 is 0 Å². The van der Waals surface area contributed by atoms with E-state index in [4.69, 9.17) is 4.74 Å². The van der Waals surface area contributed by atoms with Gasteiger partial charge < -0.3 is 4.74 Å². The second-order valence-electron chi connectivity index (χ2n) is 5.88. The first kappa shape index (κ1) is 14.4. The SMILES string of the molecule is CCc1ccc(CC(C)(C)C2OC(=O)C(C)S2)cc1. The van der Waals surface area contributed by atoms with Gasteiger partial charge in [-0.2, -0.15) is 0 Å². The molecule has 104 valence electrons. The molecule has 2 unspecified atom stereocenters. The minimum atomic E-state index is -0.0793. The molecule has 1 aliphatic heterocycles. The van der Waals surface area contributed by atoms with Crippen LogP contribution in [0, 0.1) is 5.41 Å². The van der Waals surface area contributed by atoms with E-state index in [0.717, 1.165) is 12.8 Å². The number of hydrogen-bond acceptors (Lipinski definition) is 3. The van der Waals surface area contributed by atoms with Gasteiger partial charge in [0, 0.05) is 5.41 Å². The number of ether oxygens (including phenoxy) is 1. The van der Waals surface area contributed by atoms with Gasteiger partial charge in [0.1, 0.15) is 5.25 Å². The molecule has 1 heterocycles. The van der Waals surface area contributed by atoms with Gasteiger partial charge >= 0.3 is 5.97 Å². The number of esters is 1. The van der Waals surface area contributed by atoms with Crippen molar-refractivity contribution in [2.75, 3.05) is 0 Å².